The summed E-state index contributed by atoms with van der Waals surface area (Å²) >= 11 is 1.58. The number of aliphatic hydroxyl groups is 1. The van der Waals surface area contributed by atoms with Crippen molar-refractivity contribution in [1.82, 2.24) is 25.8 Å². The van der Waals surface area contributed by atoms with E-state index in [0.29, 0.717) is 38.2 Å². The number of carbonyl (C=O) groups is 4. The Labute approximate surface area is 398 Å². The molecule has 6 rings (SSSR count). The number of thiazole rings is 1. The number of carbonyl (C=O) groups excluding carboxylic acids is 4. The van der Waals surface area contributed by atoms with E-state index in [2.05, 4.69) is 40.0 Å². The fraction of sp³-hybridized carbons (Fsp3) is 0.389. The van der Waals surface area contributed by atoms with E-state index in [0.717, 1.165) is 63.2 Å². The quantitative estimate of drug-likeness (QED) is 0.0359. The zero-order valence-electron chi connectivity index (χ0n) is 39.3. The van der Waals surface area contributed by atoms with Crippen molar-refractivity contribution in [3.63, 3.8) is 0 Å². The minimum absolute atomic E-state index is 0.00888. The van der Waals surface area contributed by atoms with Crippen molar-refractivity contribution < 1.29 is 34.1 Å². The third-order valence-electron chi connectivity index (χ3n) is 12.0. The Kier molecular flexibility index (Phi) is 17.9. The normalized spacial score (nSPS) is 15.6. The first-order valence-corrected chi connectivity index (χ1v) is 24.2. The molecule has 354 valence electrons. The number of unbranched alkanes of at least 4 members (excludes halogenated alkanes) is 3. The van der Waals surface area contributed by atoms with Crippen LogP contribution in [-0.4, -0.2) is 81.6 Å². The topological polar surface area (TPSA) is 170 Å². The average molecular weight is 928 g/mol. The molecule has 1 aliphatic rings. The van der Waals surface area contributed by atoms with Crippen LogP contribution in [0.1, 0.15) is 107 Å². The van der Waals surface area contributed by atoms with Crippen LogP contribution in [0.25, 0.3) is 21.6 Å². The third-order valence-corrected chi connectivity index (χ3v) is 13.0. The van der Waals surface area contributed by atoms with Gasteiger partial charge in [-0.3, -0.25) is 19.2 Å². The Morgan fingerprint density at radius 1 is 0.821 bits per heavy atom. The van der Waals surface area contributed by atoms with Crippen LogP contribution in [0.4, 0.5) is 0 Å². The molecule has 12 nitrogen and oxygen atoms in total. The summed E-state index contributed by atoms with van der Waals surface area (Å²) in [7, 11) is 0. The number of allylic oxidation sites excluding steroid dienone is 1. The lowest BCUT2D eigenvalue weighted by atomic mass is 9.85. The number of nitrogens with one attached hydrogen (secondary N) is 3. The van der Waals surface area contributed by atoms with Gasteiger partial charge < -0.3 is 35.8 Å². The summed E-state index contributed by atoms with van der Waals surface area (Å²) in [5, 5.41) is 29.3. The van der Waals surface area contributed by atoms with Crippen LogP contribution in [0, 0.1) is 12.3 Å². The molecule has 4 amide bonds. The minimum Gasteiger partial charge on any atom is -0.508 e. The maximum absolute atomic E-state index is 14.0. The van der Waals surface area contributed by atoms with Crippen LogP contribution >= 0.6 is 11.3 Å². The number of phenolic OH excluding ortho intramolecular Hbond substituents is 1. The molecule has 0 bridgehead atoms. The molecule has 0 spiro atoms. The lowest BCUT2D eigenvalue weighted by molar-refractivity contribution is -0.144. The number of aromatic hydroxyl groups is 1. The van der Waals surface area contributed by atoms with Gasteiger partial charge in [-0.15, -0.1) is 11.3 Å². The summed E-state index contributed by atoms with van der Waals surface area (Å²) in [6.07, 6.45) is 3.47. The van der Waals surface area contributed by atoms with Crippen molar-refractivity contribution in [3.05, 3.63) is 137 Å². The highest BCUT2D eigenvalue weighted by Gasteiger charge is 2.44. The molecule has 1 aliphatic heterocycles. The second-order valence-electron chi connectivity index (χ2n) is 18.2. The summed E-state index contributed by atoms with van der Waals surface area (Å²) in [5.74, 6) is -0.152. The van der Waals surface area contributed by atoms with Gasteiger partial charge in [-0.05, 0) is 94.8 Å². The Balaban J connectivity index is 0.889. The third kappa shape index (κ3) is 14.1. The van der Waals surface area contributed by atoms with Gasteiger partial charge in [0.1, 0.15) is 30.2 Å². The summed E-state index contributed by atoms with van der Waals surface area (Å²) in [6.45, 7) is 10.7. The number of β-amino-alcohol motifs (C(OH)–C–C–N with tert-alkyl or cyclic N) is 1. The van der Waals surface area contributed by atoms with Crippen molar-refractivity contribution in [2.24, 2.45) is 5.41 Å². The number of aromatic nitrogens is 1. The van der Waals surface area contributed by atoms with Crippen LogP contribution in [0.15, 0.2) is 109 Å². The molecule has 3 atom stereocenters. The lowest BCUT2D eigenvalue weighted by Gasteiger charge is -2.35. The van der Waals surface area contributed by atoms with Crippen molar-refractivity contribution in [2.75, 3.05) is 19.7 Å². The Morgan fingerprint density at radius 2 is 1.46 bits per heavy atom. The van der Waals surface area contributed by atoms with E-state index in [9.17, 15) is 29.4 Å². The van der Waals surface area contributed by atoms with Crippen LogP contribution in [0.5, 0.6) is 11.5 Å². The number of hydrogen-bond donors (Lipinski definition) is 5. The number of likely N-dealkylation sites (tertiary alicyclic amines) is 1. The molecule has 1 saturated heterocycles. The second-order valence-corrected chi connectivity index (χ2v) is 19.1. The smallest absolute Gasteiger partial charge is 0.246 e. The number of aliphatic hydroxyl groups excluding tert-OH is 1. The number of aryl methyl sites for hydroxylation is 1. The van der Waals surface area contributed by atoms with E-state index in [1.807, 2.05) is 112 Å². The van der Waals surface area contributed by atoms with Gasteiger partial charge >= 0.3 is 0 Å². The predicted molar refractivity (Wildman–Crippen MR) is 265 cm³/mol. The van der Waals surface area contributed by atoms with Crippen molar-refractivity contribution in [2.45, 2.75) is 111 Å². The van der Waals surface area contributed by atoms with Gasteiger partial charge in [-0.1, -0.05) is 119 Å². The molecule has 5 aromatic rings. The fourth-order valence-electron chi connectivity index (χ4n) is 8.41. The molecule has 0 saturated carbocycles. The molecular weight excluding hydrogens is 863 g/mol. The standard InChI is InChI=1S/C54H65N5O7S/c1-6-45(38-14-10-9-11-15-38)49(39-22-26-42(60)27-23-39)40-24-28-44(29-25-40)66-31-30-55-47(62)16-12-7-8-13-17-48(63)58-51(54(3,4)5)53(65)59-34-43(61)32-46(59)52(64)56-33-37-18-20-41(21-19-37)50-36(2)57-35-67-50/h9-11,14-15,18-29,35,43,46,51,60-61H,6-8,12-13,16-17,30-34H2,1-5H3,(H,55,62)(H,56,64)(H,58,63)/t43-,46+,51-/m1/s1. The van der Waals surface area contributed by atoms with E-state index in [-0.39, 0.29) is 49.4 Å². The zero-order chi connectivity index (χ0) is 47.9. The maximum atomic E-state index is 14.0. The molecule has 67 heavy (non-hydrogen) atoms. The monoisotopic (exact) mass is 927 g/mol. The first-order valence-electron chi connectivity index (χ1n) is 23.3. The van der Waals surface area contributed by atoms with Gasteiger partial charge in [0, 0.05) is 32.4 Å². The summed E-state index contributed by atoms with van der Waals surface area (Å²) in [6, 6.07) is 31.6. The van der Waals surface area contributed by atoms with Gasteiger partial charge in [-0.2, -0.15) is 0 Å². The molecule has 0 unspecified atom stereocenters. The molecule has 13 heteroatoms. The largest absolute Gasteiger partial charge is 0.508 e. The van der Waals surface area contributed by atoms with E-state index in [4.69, 9.17) is 4.74 Å². The number of benzene rings is 4. The summed E-state index contributed by atoms with van der Waals surface area (Å²) in [5.41, 5.74) is 9.56. The number of rotatable bonds is 21. The molecule has 1 aromatic heterocycles. The van der Waals surface area contributed by atoms with Crippen LogP contribution < -0.4 is 20.7 Å². The first-order chi connectivity index (χ1) is 32.2. The summed E-state index contributed by atoms with van der Waals surface area (Å²) in [4.78, 5) is 60.0. The zero-order valence-corrected chi connectivity index (χ0v) is 40.2. The van der Waals surface area contributed by atoms with Crippen molar-refractivity contribution >= 4 is 46.1 Å². The van der Waals surface area contributed by atoms with Crippen LogP contribution in [-0.2, 0) is 25.7 Å². The summed E-state index contributed by atoms with van der Waals surface area (Å²) < 4.78 is 5.96. The predicted octanol–water partition coefficient (Wildman–Crippen LogP) is 8.84. The number of hydrogen-bond acceptors (Lipinski definition) is 9. The average Bonchev–Trinajstić information content (AvgIpc) is 3.94. The molecule has 1 fully saturated rings. The first kappa shape index (κ1) is 50.1. The SMILES string of the molecule is CCC(=C(c1ccc(O)cc1)c1ccc(OCCNC(=O)CCCCCCC(=O)N[C@H](C(=O)N2C[C@H](O)C[C@H]2C(=O)NCc2ccc(-c3scnc3C)cc2)C(C)(C)C)cc1)c1ccccc1. The number of phenols is 1. The highest BCUT2D eigenvalue weighted by molar-refractivity contribution is 7.13. The highest BCUT2D eigenvalue weighted by atomic mass is 32.1. The number of ether oxygens (including phenoxy) is 1. The Bertz CT molecular complexity index is 2450. The fourth-order valence-corrected chi connectivity index (χ4v) is 9.22. The Morgan fingerprint density at radius 3 is 2.07 bits per heavy atom. The van der Waals surface area contributed by atoms with Gasteiger partial charge in [0.2, 0.25) is 23.6 Å². The molecule has 2 heterocycles. The van der Waals surface area contributed by atoms with E-state index < -0.39 is 29.5 Å². The van der Waals surface area contributed by atoms with Crippen molar-refractivity contribution in [1.29, 1.82) is 0 Å². The number of amides is 4. The van der Waals surface area contributed by atoms with E-state index in [1.54, 1.807) is 23.5 Å². The highest BCUT2D eigenvalue weighted by Crippen LogP contribution is 2.36. The van der Waals surface area contributed by atoms with Crippen LogP contribution in [0.3, 0.4) is 0 Å². The Hall–Kier alpha value is -6.31. The van der Waals surface area contributed by atoms with E-state index >= 15 is 0 Å². The van der Waals surface area contributed by atoms with E-state index in [1.165, 1.54) is 10.5 Å². The van der Waals surface area contributed by atoms with Crippen molar-refractivity contribution in [3.8, 4) is 21.9 Å². The molecule has 5 N–H and O–H groups in total. The molecule has 4 aromatic carbocycles. The van der Waals surface area contributed by atoms with Gasteiger partial charge in [0.15, 0.2) is 0 Å². The van der Waals surface area contributed by atoms with Crippen LogP contribution in [0.2, 0.25) is 0 Å². The van der Waals surface area contributed by atoms with Gasteiger partial charge in [0.25, 0.3) is 0 Å². The molecular formula is C54H65N5O7S. The van der Waals surface area contributed by atoms with Gasteiger partial charge in [-0.25, -0.2) is 4.98 Å². The maximum Gasteiger partial charge on any atom is 0.246 e. The van der Waals surface area contributed by atoms with Gasteiger partial charge in [0.05, 0.1) is 28.7 Å². The molecule has 0 radical (unpaired) electrons. The molecule has 0 aliphatic carbocycles. The second kappa shape index (κ2) is 23.9. The minimum atomic E-state index is -0.893. The number of nitrogens with zero attached hydrogens (tertiary/aromatic N) is 2. The lowest BCUT2D eigenvalue weighted by Crippen LogP contribution is -2.57.